The van der Waals surface area contributed by atoms with Gasteiger partial charge in [-0.2, -0.15) is 0 Å². The van der Waals surface area contributed by atoms with Crippen molar-refractivity contribution in [2.75, 3.05) is 6.61 Å². The number of carbonyl (C=O) groups is 2. The summed E-state index contributed by atoms with van der Waals surface area (Å²) in [4.78, 5) is 23.0. The topological polar surface area (TPSA) is 75.6 Å². The molecular weight excluding hydrogens is 270 g/mol. The van der Waals surface area contributed by atoms with E-state index in [0.717, 1.165) is 0 Å². The highest BCUT2D eigenvalue weighted by molar-refractivity contribution is 6.31. The highest BCUT2D eigenvalue weighted by Gasteiger charge is 2.39. The molecule has 0 fully saturated rings. The molecule has 1 amide bonds. The van der Waals surface area contributed by atoms with Crippen molar-refractivity contribution in [2.24, 2.45) is 0 Å². The van der Waals surface area contributed by atoms with Gasteiger partial charge in [-0.05, 0) is 13.0 Å². The summed E-state index contributed by atoms with van der Waals surface area (Å²) in [5.41, 5.74) is -1.39. The largest absolute Gasteiger partial charge is 0.479 e. The number of alkyl carbamates (subject to hydrolysis) is 1. The summed E-state index contributed by atoms with van der Waals surface area (Å²) < 4.78 is 4.72. The second-order valence-electron chi connectivity index (χ2n) is 3.92. The van der Waals surface area contributed by atoms with Crippen LogP contribution in [-0.4, -0.2) is 23.8 Å². The Bertz CT molecular complexity index is 503. The predicted molar refractivity (Wildman–Crippen MR) is 71.1 cm³/mol. The van der Waals surface area contributed by atoms with Crippen LogP contribution < -0.4 is 5.32 Å². The number of carboxylic acids is 1. The van der Waals surface area contributed by atoms with Crippen molar-refractivity contribution >= 4 is 23.7 Å². The van der Waals surface area contributed by atoms with Crippen LogP contribution in [0.15, 0.2) is 36.9 Å². The number of halogens is 1. The van der Waals surface area contributed by atoms with E-state index in [9.17, 15) is 14.7 Å². The minimum Gasteiger partial charge on any atom is -0.479 e. The van der Waals surface area contributed by atoms with Gasteiger partial charge in [0.25, 0.3) is 0 Å². The number of carbonyl (C=O) groups excluding carboxylic acids is 1. The molecule has 0 saturated carbocycles. The molecule has 2 N–H and O–H groups in total. The van der Waals surface area contributed by atoms with Crippen LogP contribution in [0.4, 0.5) is 4.79 Å². The highest BCUT2D eigenvalue weighted by atomic mass is 35.5. The van der Waals surface area contributed by atoms with E-state index in [2.05, 4.69) is 11.9 Å². The summed E-state index contributed by atoms with van der Waals surface area (Å²) in [5, 5.41) is 11.9. The quantitative estimate of drug-likeness (QED) is 0.814. The van der Waals surface area contributed by atoms with E-state index < -0.39 is 17.6 Å². The Morgan fingerprint density at radius 2 is 2.16 bits per heavy atom. The van der Waals surface area contributed by atoms with Gasteiger partial charge in [-0.25, -0.2) is 9.59 Å². The van der Waals surface area contributed by atoms with Crippen molar-refractivity contribution in [1.29, 1.82) is 0 Å². The molecule has 0 aliphatic carbocycles. The van der Waals surface area contributed by atoms with Crippen LogP contribution >= 0.6 is 11.6 Å². The maximum atomic E-state index is 11.5. The fraction of sp³-hybridized carbons (Fsp3) is 0.231. The molecule has 1 aromatic carbocycles. The van der Waals surface area contributed by atoms with E-state index in [1.54, 1.807) is 18.2 Å². The molecule has 0 spiro atoms. The summed E-state index contributed by atoms with van der Waals surface area (Å²) in [7, 11) is 0. The zero-order valence-electron chi connectivity index (χ0n) is 10.4. The second kappa shape index (κ2) is 6.24. The van der Waals surface area contributed by atoms with E-state index in [1.807, 2.05) is 0 Å². The highest BCUT2D eigenvalue weighted by Crippen LogP contribution is 2.28. The SMILES string of the molecule is C=CCOC(=O)NC(C)(C(=O)O)c1ccccc1Cl. The van der Waals surface area contributed by atoms with Crippen LogP contribution in [0.2, 0.25) is 5.02 Å². The molecule has 6 heteroatoms. The summed E-state index contributed by atoms with van der Waals surface area (Å²) in [6.45, 7) is 4.72. The number of aliphatic carboxylic acids is 1. The molecule has 1 atom stereocenters. The molecule has 0 bridgehead atoms. The smallest absolute Gasteiger partial charge is 0.408 e. The van der Waals surface area contributed by atoms with Gasteiger partial charge in [0.05, 0.1) is 0 Å². The Kier molecular flexibility index (Phi) is 4.94. The molecule has 1 rings (SSSR count). The van der Waals surface area contributed by atoms with Crippen LogP contribution in [0.5, 0.6) is 0 Å². The Balaban J connectivity index is 3.05. The molecular formula is C13H14ClNO4. The predicted octanol–water partition coefficient (Wildman–Crippen LogP) is 2.55. The molecule has 19 heavy (non-hydrogen) atoms. The van der Waals surface area contributed by atoms with E-state index in [-0.39, 0.29) is 17.2 Å². The van der Waals surface area contributed by atoms with Crippen molar-refractivity contribution < 1.29 is 19.4 Å². The molecule has 0 saturated heterocycles. The fourth-order valence-electron chi connectivity index (χ4n) is 1.48. The monoisotopic (exact) mass is 283 g/mol. The minimum absolute atomic E-state index is 0.00987. The van der Waals surface area contributed by atoms with Crippen LogP contribution in [0, 0.1) is 0 Å². The number of rotatable bonds is 5. The Morgan fingerprint density at radius 3 is 2.68 bits per heavy atom. The lowest BCUT2D eigenvalue weighted by Gasteiger charge is -2.27. The van der Waals surface area contributed by atoms with Gasteiger partial charge in [-0.3, -0.25) is 0 Å². The third-order valence-corrected chi connectivity index (χ3v) is 2.85. The number of amides is 1. The van der Waals surface area contributed by atoms with E-state index >= 15 is 0 Å². The first-order valence-electron chi connectivity index (χ1n) is 5.46. The lowest BCUT2D eigenvalue weighted by atomic mass is 9.92. The first-order chi connectivity index (χ1) is 8.91. The van der Waals surface area contributed by atoms with Crippen molar-refractivity contribution in [3.8, 4) is 0 Å². The number of nitrogens with one attached hydrogen (secondary N) is 1. The van der Waals surface area contributed by atoms with Crippen LogP contribution in [-0.2, 0) is 15.1 Å². The fourth-order valence-corrected chi connectivity index (χ4v) is 1.80. The molecule has 0 aliphatic rings. The van der Waals surface area contributed by atoms with Gasteiger partial charge in [-0.15, -0.1) is 0 Å². The molecule has 0 aliphatic heterocycles. The number of hydrogen-bond donors (Lipinski definition) is 2. The van der Waals surface area contributed by atoms with Gasteiger partial charge in [0.1, 0.15) is 6.61 Å². The van der Waals surface area contributed by atoms with Crippen LogP contribution in [0.1, 0.15) is 12.5 Å². The molecule has 1 aromatic rings. The molecule has 1 unspecified atom stereocenters. The Morgan fingerprint density at radius 1 is 1.53 bits per heavy atom. The first-order valence-corrected chi connectivity index (χ1v) is 5.84. The number of carboxylic acid groups (broad SMARTS) is 1. The zero-order valence-corrected chi connectivity index (χ0v) is 11.1. The van der Waals surface area contributed by atoms with Crippen molar-refractivity contribution in [2.45, 2.75) is 12.5 Å². The molecule has 0 heterocycles. The molecule has 0 radical (unpaired) electrons. The summed E-state index contributed by atoms with van der Waals surface area (Å²) in [6.07, 6.45) is 0.525. The standard InChI is InChI=1S/C13H14ClNO4/c1-3-8-19-12(18)15-13(2,11(16)17)9-6-4-5-7-10(9)14/h3-7H,1,8H2,2H3,(H,15,18)(H,16,17). The van der Waals surface area contributed by atoms with Gasteiger partial charge < -0.3 is 15.2 Å². The lowest BCUT2D eigenvalue weighted by Crippen LogP contribution is -2.50. The van der Waals surface area contributed by atoms with Gasteiger partial charge in [-0.1, -0.05) is 42.5 Å². The average molecular weight is 284 g/mol. The van der Waals surface area contributed by atoms with Gasteiger partial charge in [0.2, 0.25) is 0 Å². The van der Waals surface area contributed by atoms with Crippen molar-refractivity contribution in [3.63, 3.8) is 0 Å². The van der Waals surface area contributed by atoms with E-state index in [4.69, 9.17) is 16.3 Å². The van der Waals surface area contributed by atoms with Crippen LogP contribution in [0.25, 0.3) is 0 Å². The molecule has 102 valence electrons. The lowest BCUT2D eigenvalue weighted by molar-refractivity contribution is -0.144. The van der Waals surface area contributed by atoms with E-state index in [1.165, 1.54) is 19.1 Å². The average Bonchev–Trinajstić information content (AvgIpc) is 2.36. The van der Waals surface area contributed by atoms with Gasteiger partial charge in [0, 0.05) is 10.6 Å². The van der Waals surface area contributed by atoms with Gasteiger partial charge in [0.15, 0.2) is 5.54 Å². The normalized spacial score (nSPS) is 13.2. The summed E-state index contributed by atoms with van der Waals surface area (Å²) >= 11 is 5.97. The second-order valence-corrected chi connectivity index (χ2v) is 4.33. The summed E-state index contributed by atoms with van der Waals surface area (Å²) in [5.74, 6) is -1.24. The maximum absolute atomic E-state index is 11.5. The molecule has 5 nitrogen and oxygen atoms in total. The zero-order chi connectivity index (χ0) is 14.5. The third kappa shape index (κ3) is 3.48. The maximum Gasteiger partial charge on any atom is 0.408 e. The number of ether oxygens (including phenoxy) is 1. The Labute approximate surface area is 115 Å². The Hall–Kier alpha value is -2.01. The first kappa shape index (κ1) is 15.0. The van der Waals surface area contributed by atoms with Crippen LogP contribution in [0.3, 0.4) is 0 Å². The van der Waals surface area contributed by atoms with Crippen molar-refractivity contribution in [3.05, 3.63) is 47.5 Å². The van der Waals surface area contributed by atoms with Crippen molar-refractivity contribution in [1.82, 2.24) is 5.32 Å². The minimum atomic E-state index is -1.67. The number of hydrogen-bond acceptors (Lipinski definition) is 3. The third-order valence-electron chi connectivity index (χ3n) is 2.52. The van der Waals surface area contributed by atoms with E-state index in [0.29, 0.717) is 0 Å². The molecule has 0 aromatic heterocycles. The summed E-state index contributed by atoms with van der Waals surface area (Å²) in [6, 6.07) is 6.39. The van der Waals surface area contributed by atoms with Gasteiger partial charge >= 0.3 is 12.1 Å². The number of benzene rings is 1.